The normalized spacial score (nSPS) is 20.1. The topological polar surface area (TPSA) is 76.1 Å². The van der Waals surface area contributed by atoms with Gasteiger partial charge in [-0.15, -0.1) is 0 Å². The average molecular weight is 400 g/mol. The maximum Gasteiger partial charge on any atom is 0.295 e. The Bertz CT molecular complexity index is 983. The molecule has 0 bridgehead atoms. The lowest BCUT2D eigenvalue weighted by molar-refractivity contribution is -0.139. The second kappa shape index (κ2) is 7.20. The zero-order valence-electron chi connectivity index (χ0n) is 15.1. The minimum atomic E-state index is -0.705. The number of rotatable bonds is 4. The van der Waals surface area contributed by atoms with E-state index in [0.717, 1.165) is 0 Å². The van der Waals surface area contributed by atoms with Gasteiger partial charge in [0.15, 0.2) is 11.5 Å². The summed E-state index contributed by atoms with van der Waals surface area (Å²) < 4.78 is 10.6. The summed E-state index contributed by atoms with van der Waals surface area (Å²) in [5.74, 6) is -0.519. The molecule has 0 radical (unpaired) electrons. The number of fused-ring (bicyclic) bond motifs is 1. The third-order valence-electron chi connectivity index (χ3n) is 4.84. The van der Waals surface area contributed by atoms with Crippen molar-refractivity contribution in [3.8, 4) is 11.5 Å². The highest BCUT2D eigenvalue weighted by Gasteiger charge is 2.45. The molecule has 2 aliphatic heterocycles. The van der Waals surface area contributed by atoms with Crippen LogP contribution in [0.5, 0.6) is 11.5 Å². The van der Waals surface area contributed by atoms with Gasteiger partial charge in [0.2, 0.25) is 6.79 Å². The van der Waals surface area contributed by atoms with Gasteiger partial charge in [-0.3, -0.25) is 9.59 Å². The van der Waals surface area contributed by atoms with Crippen molar-refractivity contribution in [2.24, 2.45) is 0 Å². The van der Waals surface area contributed by atoms with Crippen LogP contribution in [0, 0.1) is 0 Å². The minimum absolute atomic E-state index is 0.0552. The lowest BCUT2D eigenvalue weighted by Crippen LogP contribution is -2.30. The van der Waals surface area contributed by atoms with Gasteiger partial charge in [-0.25, -0.2) is 0 Å². The first kappa shape index (κ1) is 18.4. The summed E-state index contributed by atoms with van der Waals surface area (Å²) in [5.41, 5.74) is 1.15. The number of nitrogens with zero attached hydrogens (tertiary/aromatic N) is 1. The molecule has 1 N–H and O–H groups in total. The molecular formula is C21H18ClNO5. The van der Waals surface area contributed by atoms with Gasteiger partial charge >= 0.3 is 0 Å². The smallest absolute Gasteiger partial charge is 0.295 e. The molecule has 1 unspecified atom stereocenters. The van der Waals surface area contributed by atoms with E-state index in [2.05, 4.69) is 0 Å². The van der Waals surface area contributed by atoms with Crippen molar-refractivity contribution in [1.82, 2.24) is 4.90 Å². The largest absolute Gasteiger partial charge is 0.507 e. The Balaban J connectivity index is 1.85. The minimum Gasteiger partial charge on any atom is -0.507 e. The van der Waals surface area contributed by atoms with Gasteiger partial charge in [-0.05, 0) is 42.3 Å². The van der Waals surface area contributed by atoms with E-state index >= 15 is 0 Å². The van der Waals surface area contributed by atoms with Crippen LogP contribution < -0.4 is 9.47 Å². The van der Waals surface area contributed by atoms with Crippen molar-refractivity contribution in [2.75, 3.05) is 13.3 Å². The summed E-state index contributed by atoms with van der Waals surface area (Å²) in [6, 6.07) is 11.1. The highest BCUT2D eigenvalue weighted by molar-refractivity contribution is 6.46. The number of aliphatic hydroxyl groups excluding tert-OH is 1. The number of Topliss-reactive ketones (excluding diaryl/α,β-unsaturated/α-hetero) is 1. The van der Waals surface area contributed by atoms with Crippen LogP contribution in [0.4, 0.5) is 0 Å². The van der Waals surface area contributed by atoms with E-state index in [-0.39, 0.29) is 18.1 Å². The van der Waals surface area contributed by atoms with Crippen molar-refractivity contribution >= 4 is 29.1 Å². The number of carbonyl (C=O) groups is 2. The lowest BCUT2D eigenvalue weighted by Gasteiger charge is -2.24. The zero-order chi connectivity index (χ0) is 19.8. The van der Waals surface area contributed by atoms with E-state index in [1.165, 1.54) is 4.90 Å². The van der Waals surface area contributed by atoms with Gasteiger partial charge in [-0.2, -0.15) is 0 Å². The maximum atomic E-state index is 12.8. The number of amides is 1. The third kappa shape index (κ3) is 2.99. The quantitative estimate of drug-likeness (QED) is 0.479. The second-order valence-corrected chi connectivity index (χ2v) is 7.05. The number of carbonyl (C=O) groups excluding carboxylic acids is 2. The van der Waals surface area contributed by atoms with Crippen molar-refractivity contribution in [3.05, 3.63) is 64.2 Å². The van der Waals surface area contributed by atoms with Crippen LogP contribution in [-0.2, 0) is 9.59 Å². The van der Waals surface area contributed by atoms with Crippen molar-refractivity contribution in [1.29, 1.82) is 0 Å². The Kier molecular flexibility index (Phi) is 4.73. The first-order chi connectivity index (χ1) is 13.5. The summed E-state index contributed by atoms with van der Waals surface area (Å²) in [7, 11) is 0. The van der Waals surface area contributed by atoms with Crippen LogP contribution in [0.3, 0.4) is 0 Å². The number of ether oxygens (including phenoxy) is 2. The first-order valence-corrected chi connectivity index (χ1v) is 9.33. The molecule has 2 aliphatic rings. The number of aliphatic hydroxyl groups is 1. The van der Waals surface area contributed by atoms with Crippen LogP contribution in [0.1, 0.15) is 30.5 Å². The molecule has 1 amide bonds. The lowest BCUT2D eigenvalue weighted by atomic mass is 9.95. The number of halogens is 1. The predicted octanol–water partition coefficient (Wildman–Crippen LogP) is 3.90. The Hall–Kier alpha value is -2.99. The Morgan fingerprint density at radius 2 is 1.86 bits per heavy atom. The molecule has 6 nitrogen and oxygen atoms in total. The molecule has 2 heterocycles. The summed E-state index contributed by atoms with van der Waals surface area (Å²) in [4.78, 5) is 26.9. The molecule has 4 rings (SSSR count). The fourth-order valence-corrected chi connectivity index (χ4v) is 3.67. The molecule has 2 aromatic rings. The Morgan fingerprint density at radius 3 is 2.57 bits per heavy atom. The number of likely N-dealkylation sites (tertiary alicyclic amines) is 1. The van der Waals surface area contributed by atoms with Gasteiger partial charge in [-0.1, -0.05) is 30.7 Å². The highest BCUT2D eigenvalue weighted by atomic mass is 35.5. The zero-order valence-corrected chi connectivity index (χ0v) is 15.9. The van der Waals surface area contributed by atoms with Gasteiger partial charge < -0.3 is 19.5 Å². The average Bonchev–Trinajstić information content (AvgIpc) is 3.26. The van der Waals surface area contributed by atoms with E-state index in [4.69, 9.17) is 21.1 Å². The summed E-state index contributed by atoms with van der Waals surface area (Å²) in [6.07, 6.45) is 0.682. The molecule has 1 saturated heterocycles. The van der Waals surface area contributed by atoms with Crippen molar-refractivity contribution in [2.45, 2.75) is 19.4 Å². The second-order valence-electron chi connectivity index (χ2n) is 6.61. The van der Waals surface area contributed by atoms with E-state index in [1.54, 1.807) is 42.5 Å². The van der Waals surface area contributed by atoms with Gasteiger partial charge in [0, 0.05) is 17.1 Å². The van der Waals surface area contributed by atoms with Crippen molar-refractivity contribution < 1.29 is 24.2 Å². The molecule has 0 aliphatic carbocycles. The SMILES string of the molecule is CCCN1C(=O)C(=O)/C(=C(\O)c2ccc3c(c2)OCO3)C1c1ccc(Cl)cc1. The van der Waals surface area contributed by atoms with E-state index in [1.807, 2.05) is 6.92 Å². The standard InChI is InChI=1S/C21H18ClNO5/c1-2-9-23-18(12-3-6-14(22)7-4-12)17(20(25)21(23)26)19(24)13-5-8-15-16(10-13)28-11-27-15/h3-8,10,18,24H,2,9,11H2,1H3/b19-17-. The van der Waals surface area contributed by atoms with Crippen LogP contribution in [0.2, 0.25) is 5.02 Å². The van der Waals surface area contributed by atoms with Crippen LogP contribution in [0.25, 0.3) is 5.76 Å². The Labute approximate surface area is 166 Å². The van der Waals surface area contributed by atoms with E-state index in [0.29, 0.717) is 40.6 Å². The van der Waals surface area contributed by atoms with Crippen LogP contribution in [0.15, 0.2) is 48.0 Å². The van der Waals surface area contributed by atoms with Crippen LogP contribution >= 0.6 is 11.6 Å². The summed E-state index contributed by atoms with van der Waals surface area (Å²) in [6.45, 7) is 2.43. The molecule has 28 heavy (non-hydrogen) atoms. The molecule has 7 heteroatoms. The van der Waals surface area contributed by atoms with E-state index < -0.39 is 17.7 Å². The predicted molar refractivity (Wildman–Crippen MR) is 103 cm³/mol. The molecule has 2 aromatic carbocycles. The molecule has 1 atom stereocenters. The molecule has 0 aromatic heterocycles. The van der Waals surface area contributed by atoms with E-state index in [9.17, 15) is 14.7 Å². The Morgan fingerprint density at radius 1 is 1.14 bits per heavy atom. The molecule has 0 saturated carbocycles. The number of hydrogen-bond acceptors (Lipinski definition) is 5. The van der Waals surface area contributed by atoms with Crippen LogP contribution in [-0.4, -0.2) is 35.0 Å². The van der Waals surface area contributed by atoms with Gasteiger partial charge in [0.1, 0.15) is 5.76 Å². The maximum absolute atomic E-state index is 12.8. The number of benzene rings is 2. The number of hydrogen-bond donors (Lipinski definition) is 1. The fourth-order valence-electron chi connectivity index (χ4n) is 3.54. The highest BCUT2D eigenvalue weighted by Crippen LogP contribution is 2.41. The molecule has 144 valence electrons. The number of ketones is 1. The third-order valence-corrected chi connectivity index (χ3v) is 5.09. The molecule has 1 fully saturated rings. The van der Waals surface area contributed by atoms with Crippen molar-refractivity contribution in [3.63, 3.8) is 0 Å². The summed E-state index contributed by atoms with van der Waals surface area (Å²) in [5, 5.41) is 11.5. The molecule has 0 spiro atoms. The van der Waals surface area contributed by atoms with Gasteiger partial charge in [0.05, 0.1) is 11.6 Å². The first-order valence-electron chi connectivity index (χ1n) is 8.95. The fraction of sp³-hybridized carbons (Fsp3) is 0.238. The monoisotopic (exact) mass is 399 g/mol. The molecular weight excluding hydrogens is 382 g/mol. The summed E-state index contributed by atoms with van der Waals surface area (Å²) >= 11 is 5.99. The van der Waals surface area contributed by atoms with Gasteiger partial charge in [0.25, 0.3) is 11.7 Å².